The van der Waals surface area contributed by atoms with Crippen LogP contribution in [0.5, 0.6) is 0 Å². The molecule has 1 aliphatic heterocycles. The van der Waals surface area contributed by atoms with Gasteiger partial charge in [-0.1, -0.05) is 38.5 Å². The van der Waals surface area contributed by atoms with Gasteiger partial charge in [-0.25, -0.2) is 9.78 Å². The minimum atomic E-state index is -0.461. The Morgan fingerprint density at radius 1 is 1.43 bits per heavy atom. The van der Waals surface area contributed by atoms with E-state index in [9.17, 15) is 9.59 Å². The monoisotopic (exact) mass is 339 g/mol. The van der Waals surface area contributed by atoms with E-state index >= 15 is 0 Å². The molecule has 7 heteroatoms. The number of nitrogens with zero attached hydrogens (tertiary/aromatic N) is 2. The normalized spacial score (nSPS) is 13.8. The molecule has 1 aromatic heterocycles. The van der Waals surface area contributed by atoms with Crippen molar-refractivity contribution in [3.63, 3.8) is 0 Å². The van der Waals surface area contributed by atoms with Gasteiger partial charge < -0.3 is 9.64 Å². The molecule has 0 atom stereocenters. The van der Waals surface area contributed by atoms with Crippen LogP contribution in [0, 0.1) is 5.92 Å². The highest BCUT2D eigenvalue weighted by atomic mass is 32.1. The molecule has 6 nitrogen and oxygen atoms in total. The number of rotatable bonds is 6. The Balaban J connectivity index is 1.91. The number of aromatic nitrogens is 1. The van der Waals surface area contributed by atoms with Crippen LogP contribution < -0.4 is 5.32 Å². The van der Waals surface area contributed by atoms with Gasteiger partial charge in [-0.3, -0.25) is 10.1 Å². The summed E-state index contributed by atoms with van der Waals surface area (Å²) >= 11 is 1.43. The van der Waals surface area contributed by atoms with Crippen molar-refractivity contribution in [1.29, 1.82) is 0 Å². The highest BCUT2D eigenvalue weighted by Gasteiger charge is 2.24. The highest BCUT2D eigenvalue weighted by molar-refractivity contribution is 7.15. The van der Waals surface area contributed by atoms with Crippen LogP contribution in [0.15, 0.2) is 0 Å². The van der Waals surface area contributed by atoms with E-state index in [0.29, 0.717) is 37.2 Å². The van der Waals surface area contributed by atoms with E-state index in [1.807, 2.05) is 25.7 Å². The first kappa shape index (κ1) is 17.7. The molecule has 0 aromatic carbocycles. The van der Waals surface area contributed by atoms with Gasteiger partial charge in [0.25, 0.3) is 0 Å². The van der Waals surface area contributed by atoms with Crippen LogP contribution in [0.3, 0.4) is 0 Å². The lowest BCUT2D eigenvalue weighted by molar-refractivity contribution is -0.132. The highest BCUT2D eigenvalue weighted by Crippen LogP contribution is 2.29. The van der Waals surface area contributed by atoms with E-state index in [4.69, 9.17) is 4.74 Å². The van der Waals surface area contributed by atoms with E-state index in [1.54, 1.807) is 0 Å². The van der Waals surface area contributed by atoms with Crippen LogP contribution in [0.25, 0.3) is 0 Å². The van der Waals surface area contributed by atoms with Crippen molar-refractivity contribution in [2.24, 2.45) is 5.92 Å². The fourth-order valence-electron chi connectivity index (χ4n) is 2.37. The SMILES string of the molecule is CCCCOC(=O)Nc1nc2c(s1)CN(C(=O)CC(C)C)CC2. The standard InChI is InChI=1S/C16H25N3O3S/c1-4-5-8-22-16(21)18-15-17-12-6-7-19(10-13(12)23-15)14(20)9-11(2)3/h11H,4-10H2,1-3H3,(H,17,18,21). The van der Waals surface area contributed by atoms with E-state index in [2.05, 4.69) is 10.3 Å². The Hall–Kier alpha value is -1.63. The Morgan fingerprint density at radius 3 is 2.91 bits per heavy atom. The zero-order valence-corrected chi connectivity index (χ0v) is 14.9. The molecule has 0 saturated carbocycles. The predicted molar refractivity (Wildman–Crippen MR) is 90.6 cm³/mol. The molecule has 0 saturated heterocycles. The molecule has 23 heavy (non-hydrogen) atoms. The van der Waals surface area contributed by atoms with Crippen molar-refractivity contribution >= 4 is 28.5 Å². The predicted octanol–water partition coefficient (Wildman–Crippen LogP) is 3.42. The minimum absolute atomic E-state index is 0.188. The first-order chi connectivity index (χ1) is 11.0. The number of amides is 2. The zero-order chi connectivity index (χ0) is 16.8. The molecule has 0 bridgehead atoms. The van der Waals surface area contributed by atoms with Crippen LogP contribution in [0.4, 0.5) is 9.93 Å². The number of hydrogen-bond acceptors (Lipinski definition) is 5. The lowest BCUT2D eigenvalue weighted by Gasteiger charge is -2.26. The molecule has 0 unspecified atom stereocenters. The average Bonchev–Trinajstić information content (AvgIpc) is 2.87. The Bertz CT molecular complexity index is 557. The number of anilines is 1. The summed E-state index contributed by atoms with van der Waals surface area (Å²) in [6.07, 6.45) is 2.69. The van der Waals surface area contributed by atoms with Gasteiger partial charge in [0.1, 0.15) is 0 Å². The van der Waals surface area contributed by atoms with Gasteiger partial charge in [-0.2, -0.15) is 0 Å². The molecule has 2 rings (SSSR count). The summed E-state index contributed by atoms with van der Waals surface area (Å²) in [4.78, 5) is 31.2. The number of thiazole rings is 1. The Kier molecular flexibility index (Phi) is 6.38. The quantitative estimate of drug-likeness (QED) is 0.806. The minimum Gasteiger partial charge on any atom is -0.449 e. The second-order valence-corrected chi connectivity index (χ2v) is 7.25. The summed E-state index contributed by atoms with van der Waals surface area (Å²) in [7, 11) is 0. The number of carbonyl (C=O) groups is 2. The molecule has 1 N–H and O–H groups in total. The second kappa shape index (κ2) is 8.29. The first-order valence-corrected chi connectivity index (χ1v) is 9.01. The third-order valence-electron chi connectivity index (χ3n) is 3.61. The van der Waals surface area contributed by atoms with Gasteiger partial charge in [-0.05, 0) is 12.3 Å². The van der Waals surface area contributed by atoms with Gasteiger partial charge in [-0.15, -0.1) is 0 Å². The summed E-state index contributed by atoms with van der Waals surface area (Å²) in [5, 5.41) is 3.23. The van der Waals surface area contributed by atoms with E-state index in [0.717, 1.165) is 29.8 Å². The van der Waals surface area contributed by atoms with Crippen LogP contribution >= 0.6 is 11.3 Å². The Morgan fingerprint density at radius 2 is 2.22 bits per heavy atom. The molecule has 1 aliphatic rings. The van der Waals surface area contributed by atoms with E-state index in [1.165, 1.54) is 11.3 Å². The maximum Gasteiger partial charge on any atom is 0.413 e. The van der Waals surface area contributed by atoms with Crippen molar-refractivity contribution in [2.75, 3.05) is 18.5 Å². The number of fused-ring (bicyclic) bond motifs is 1. The number of nitrogens with one attached hydrogen (secondary N) is 1. The third-order valence-corrected chi connectivity index (χ3v) is 4.60. The molecule has 2 heterocycles. The molecule has 128 valence electrons. The molecule has 0 radical (unpaired) electrons. The molecule has 0 spiro atoms. The van der Waals surface area contributed by atoms with Gasteiger partial charge in [0.2, 0.25) is 5.91 Å². The van der Waals surface area contributed by atoms with Crippen LogP contribution in [0.1, 0.15) is 50.6 Å². The van der Waals surface area contributed by atoms with E-state index in [-0.39, 0.29) is 5.91 Å². The summed E-state index contributed by atoms with van der Waals surface area (Å²) in [5.74, 6) is 0.549. The summed E-state index contributed by atoms with van der Waals surface area (Å²) in [5.41, 5.74) is 0.979. The Labute approximate surface area is 141 Å². The lowest BCUT2D eigenvalue weighted by Crippen LogP contribution is -2.36. The van der Waals surface area contributed by atoms with Crippen LogP contribution in [-0.4, -0.2) is 35.0 Å². The summed E-state index contributed by atoms with van der Waals surface area (Å²) in [6, 6.07) is 0. The zero-order valence-electron chi connectivity index (χ0n) is 14.1. The van der Waals surface area contributed by atoms with Crippen molar-refractivity contribution in [1.82, 2.24) is 9.88 Å². The third kappa shape index (κ3) is 5.20. The number of unbranched alkanes of at least 4 members (excludes halogenated alkanes) is 1. The van der Waals surface area contributed by atoms with Crippen molar-refractivity contribution < 1.29 is 14.3 Å². The smallest absolute Gasteiger partial charge is 0.413 e. The number of hydrogen-bond donors (Lipinski definition) is 1. The fourth-order valence-corrected chi connectivity index (χ4v) is 3.38. The molecule has 1 aromatic rings. The molecule has 0 fully saturated rings. The molecular weight excluding hydrogens is 314 g/mol. The molecule has 0 aliphatic carbocycles. The lowest BCUT2D eigenvalue weighted by atomic mass is 10.1. The largest absolute Gasteiger partial charge is 0.449 e. The van der Waals surface area contributed by atoms with Gasteiger partial charge in [0, 0.05) is 24.3 Å². The van der Waals surface area contributed by atoms with Crippen molar-refractivity contribution in [3.05, 3.63) is 10.6 Å². The second-order valence-electron chi connectivity index (χ2n) is 6.17. The van der Waals surface area contributed by atoms with Crippen LogP contribution in [0.2, 0.25) is 0 Å². The maximum absolute atomic E-state index is 12.2. The first-order valence-electron chi connectivity index (χ1n) is 8.19. The topological polar surface area (TPSA) is 71.5 Å². The molecular formula is C16H25N3O3S. The molecule has 2 amide bonds. The van der Waals surface area contributed by atoms with Gasteiger partial charge in [0.15, 0.2) is 5.13 Å². The maximum atomic E-state index is 12.2. The number of ether oxygens (including phenoxy) is 1. The van der Waals surface area contributed by atoms with Gasteiger partial charge in [0.05, 0.1) is 18.8 Å². The van der Waals surface area contributed by atoms with Crippen LogP contribution in [-0.2, 0) is 22.5 Å². The van der Waals surface area contributed by atoms with E-state index < -0.39 is 6.09 Å². The van der Waals surface area contributed by atoms with Crippen molar-refractivity contribution in [2.45, 2.75) is 53.0 Å². The summed E-state index contributed by atoms with van der Waals surface area (Å²) < 4.78 is 5.07. The average molecular weight is 339 g/mol. The van der Waals surface area contributed by atoms with Crippen molar-refractivity contribution in [3.8, 4) is 0 Å². The van der Waals surface area contributed by atoms with Gasteiger partial charge >= 0.3 is 6.09 Å². The summed E-state index contributed by atoms with van der Waals surface area (Å²) in [6.45, 7) is 7.85. The fraction of sp³-hybridized carbons (Fsp3) is 0.688. The number of carbonyl (C=O) groups excluding carboxylic acids is 2.